The molecule has 0 bridgehead atoms. The molecule has 1 saturated carbocycles. The lowest BCUT2D eigenvalue weighted by molar-refractivity contribution is -0.156. The largest absolute Gasteiger partial charge is 0.481 e. The summed E-state index contributed by atoms with van der Waals surface area (Å²) in [5.41, 5.74) is -0.610. The van der Waals surface area contributed by atoms with Crippen molar-refractivity contribution in [2.45, 2.75) is 39.0 Å². The Kier molecular flexibility index (Phi) is 3.88. The summed E-state index contributed by atoms with van der Waals surface area (Å²) in [4.78, 5) is 25.9. The number of hydrogen-bond acceptors (Lipinski definition) is 4. The average Bonchev–Trinajstić information content (AvgIpc) is 2.81. The molecule has 1 aliphatic rings. The molecule has 1 aliphatic carbocycles. The summed E-state index contributed by atoms with van der Waals surface area (Å²) in [6.45, 7) is 3.03. The van der Waals surface area contributed by atoms with Crippen LogP contribution in [0.4, 0.5) is 13.2 Å². The van der Waals surface area contributed by atoms with Crippen molar-refractivity contribution in [1.82, 2.24) is 20.1 Å². The van der Waals surface area contributed by atoms with Crippen molar-refractivity contribution >= 4 is 11.9 Å². The van der Waals surface area contributed by atoms with E-state index in [2.05, 4.69) is 15.4 Å². The number of carboxylic acid groups (broad SMARTS) is 1. The smallest absolute Gasteiger partial charge is 0.453 e. The fourth-order valence-corrected chi connectivity index (χ4v) is 2.48. The molecule has 1 fully saturated rings. The zero-order chi connectivity index (χ0) is 16.7. The van der Waals surface area contributed by atoms with Crippen LogP contribution in [0.2, 0.25) is 0 Å². The highest BCUT2D eigenvalue weighted by molar-refractivity contribution is 5.78. The van der Waals surface area contributed by atoms with Gasteiger partial charge in [0.25, 0.3) is 5.82 Å². The Morgan fingerprint density at radius 3 is 2.59 bits per heavy atom. The highest BCUT2D eigenvalue weighted by Crippen LogP contribution is 2.46. The summed E-state index contributed by atoms with van der Waals surface area (Å²) >= 11 is 0. The van der Waals surface area contributed by atoms with Crippen molar-refractivity contribution in [3.8, 4) is 0 Å². The molecule has 1 aromatic rings. The zero-order valence-corrected chi connectivity index (χ0v) is 11.9. The van der Waals surface area contributed by atoms with Crippen LogP contribution in [0.3, 0.4) is 0 Å². The molecule has 2 atom stereocenters. The van der Waals surface area contributed by atoms with E-state index < -0.39 is 41.8 Å². The predicted molar refractivity (Wildman–Crippen MR) is 66.5 cm³/mol. The van der Waals surface area contributed by atoms with E-state index in [0.717, 1.165) is 11.0 Å². The van der Waals surface area contributed by atoms with Gasteiger partial charge in [-0.3, -0.25) is 9.59 Å². The van der Waals surface area contributed by atoms with Gasteiger partial charge in [-0.2, -0.15) is 13.2 Å². The topological polar surface area (TPSA) is 97.1 Å². The standard InChI is InChI=1S/C12H15F3N4O3/c1-11(2)6(9(21)22)3-7(11)17-8(20)4-19-5-16-10(18-19)12(13,14)15/h5-7H,3-4H2,1-2H3,(H,17,20)(H,21,22)/t6-,7-/m1/s1. The van der Waals surface area contributed by atoms with Crippen LogP contribution >= 0.6 is 0 Å². The summed E-state index contributed by atoms with van der Waals surface area (Å²) in [5, 5.41) is 14.8. The third-order valence-electron chi connectivity index (χ3n) is 4.00. The molecule has 0 aliphatic heterocycles. The number of alkyl halides is 3. The first-order valence-corrected chi connectivity index (χ1v) is 6.50. The molecule has 2 N–H and O–H groups in total. The van der Waals surface area contributed by atoms with Crippen LogP contribution in [0.15, 0.2) is 6.33 Å². The Hall–Kier alpha value is -2.13. The first-order valence-electron chi connectivity index (χ1n) is 6.50. The third-order valence-corrected chi connectivity index (χ3v) is 4.00. The van der Waals surface area contributed by atoms with Gasteiger partial charge in [-0.25, -0.2) is 9.67 Å². The lowest BCUT2D eigenvalue weighted by atomic mass is 9.58. The molecular formula is C12H15F3N4O3. The zero-order valence-electron chi connectivity index (χ0n) is 11.9. The molecule has 1 heterocycles. The summed E-state index contributed by atoms with van der Waals surface area (Å²) in [6.07, 6.45) is -3.54. The molecule has 1 aromatic heterocycles. The maximum absolute atomic E-state index is 12.3. The predicted octanol–water partition coefficient (Wildman–Crippen LogP) is 0.912. The second kappa shape index (κ2) is 5.25. The number of carbonyl (C=O) groups is 2. The maximum Gasteiger partial charge on any atom is 0.453 e. The summed E-state index contributed by atoms with van der Waals surface area (Å²) in [6, 6.07) is -0.341. The van der Waals surface area contributed by atoms with Gasteiger partial charge in [0.2, 0.25) is 5.91 Å². The van der Waals surface area contributed by atoms with Gasteiger partial charge >= 0.3 is 12.1 Å². The molecule has 22 heavy (non-hydrogen) atoms. The third kappa shape index (κ3) is 3.04. The van der Waals surface area contributed by atoms with E-state index in [0.29, 0.717) is 6.42 Å². The molecular weight excluding hydrogens is 305 g/mol. The SMILES string of the molecule is CC1(C)[C@@H](C(=O)O)C[C@H]1NC(=O)Cn1cnc(C(F)(F)F)n1. The van der Waals surface area contributed by atoms with Gasteiger partial charge in [-0.15, -0.1) is 5.10 Å². The van der Waals surface area contributed by atoms with Crippen LogP contribution < -0.4 is 5.32 Å². The number of aliphatic carboxylic acids is 1. The fraction of sp³-hybridized carbons (Fsp3) is 0.667. The quantitative estimate of drug-likeness (QED) is 0.859. The number of nitrogens with one attached hydrogen (secondary N) is 1. The van der Waals surface area contributed by atoms with Crippen LogP contribution in [-0.2, 0) is 22.3 Å². The average molecular weight is 320 g/mol. The summed E-state index contributed by atoms with van der Waals surface area (Å²) in [5.74, 6) is -3.33. The second-order valence-corrected chi connectivity index (χ2v) is 5.83. The number of rotatable bonds is 4. The molecule has 2 rings (SSSR count). The van der Waals surface area contributed by atoms with Crippen LogP contribution in [-0.4, -0.2) is 37.8 Å². The monoisotopic (exact) mass is 320 g/mol. The van der Waals surface area contributed by atoms with Crippen molar-refractivity contribution < 1.29 is 27.9 Å². The van der Waals surface area contributed by atoms with Crippen LogP contribution in [0.5, 0.6) is 0 Å². The summed E-state index contributed by atoms with van der Waals surface area (Å²) < 4.78 is 37.8. The molecule has 10 heteroatoms. The van der Waals surface area contributed by atoms with Crippen LogP contribution in [0.25, 0.3) is 0 Å². The molecule has 0 aromatic carbocycles. The van der Waals surface area contributed by atoms with Crippen molar-refractivity contribution in [2.75, 3.05) is 0 Å². The fourth-order valence-electron chi connectivity index (χ4n) is 2.48. The lowest BCUT2D eigenvalue weighted by Gasteiger charge is -2.49. The van der Waals surface area contributed by atoms with Crippen molar-refractivity contribution in [1.29, 1.82) is 0 Å². The number of aromatic nitrogens is 3. The van der Waals surface area contributed by atoms with E-state index in [1.165, 1.54) is 0 Å². The molecule has 0 saturated heterocycles. The van der Waals surface area contributed by atoms with Gasteiger partial charge in [0.05, 0.1) is 5.92 Å². The van der Waals surface area contributed by atoms with Crippen molar-refractivity contribution in [2.24, 2.45) is 11.3 Å². The minimum Gasteiger partial charge on any atom is -0.481 e. The molecule has 1 amide bonds. The number of nitrogens with zero attached hydrogens (tertiary/aromatic N) is 3. The highest BCUT2D eigenvalue weighted by Gasteiger charge is 2.52. The Morgan fingerprint density at radius 1 is 1.50 bits per heavy atom. The molecule has 7 nitrogen and oxygen atoms in total. The molecule has 0 spiro atoms. The van der Waals surface area contributed by atoms with Gasteiger partial charge in [-0.05, 0) is 11.8 Å². The van der Waals surface area contributed by atoms with Crippen LogP contribution in [0.1, 0.15) is 26.1 Å². The van der Waals surface area contributed by atoms with Crippen molar-refractivity contribution in [3.05, 3.63) is 12.2 Å². The van der Waals surface area contributed by atoms with E-state index in [9.17, 15) is 22.8 Å². The normalized spacial score (nSPS) is 23.7. The Morgan fingerprint density at radius 2 is 2.14 bits per heavy atom. The van der Waals surface area contributed by atoms with Gasteiger partial charge in [-0.1, -0.05) is 13.8 Å². The number of hydrogen-bond donors (Lipinski definition) is 2. The van der Waals surface area contributed by atoms with Crippen LogP contribution in [0, 0.1) is 11.3 Å². The Labute approximate surface area is 123 Å². The van der Waals surface area contributed by atoms with Gasteiger partial charge in [0.1, 0.15) is 12.9 Å². The number of carbonyl (C=O) groups excluding carboxylic acids is 1. The minimum atomic E-state index is -4.66. The maximum atomic E-state index is 12.3. The van der Waals surface area contributed by atoms with E-state index >= 15 is 0 Å². The van der Waals surface area contributed by atoms with E-state index in [1.54, 1.807) is 13.8 Å². The number of amides is 1. The number of halogens is 3. The first-order chi connectivity index (χ1) is 10.0. The molecule has 0 unspecified atom stereocenters. The van der Waals surface area contributed by atoms with Gasteiger partial charge in [0, 0.05) is 6.04 Å². The highest BCUT2D eigenvalue weighted by atomic mass is 19.4. The van der Waals surface area contributed by atoms with E-state index in [-0.39, 0.29) is 6.04 Å². The van der Waals surface area contributed by atoms with Gasteiger partial charge in [0.15, 0.2) is 0 Å². The molecule has 0 radical (unpaired) electrons. The number of carboxylic acids is 1. The van der Waals surface area contributed by atoms with Crippen molar-refractivity contribution in [3.63, 3.8) is 0 Å². The minimum absolute atomic E-state index is 0.291. The molecule has 122 valence electrons. The second-order valence-electron chi connectivity index (χ2n) is 5.83. The lowest BCUT2D eigenvalue weighted by Crippen LogP contribution is -2.60. The summed E-state index contributed by atoms with van der Waals surface area (Å²) in [7, 11) is 0. The first kappa shape index (κ1) is 16.2. The van der Waals surface area contributed by atoms with E-state index in [1.807, 2.05) is 0 Å². The van der Waals surface area contributed by atoms with Gasteiger partial charge < -0.3 is 10.4 Å². The Balaban J connectivity index is 1.92. The Bertz CT molecular complexity index is 597. The van der Waals surface area contributed by atoms with E-state index in [4.69, 9.17) is 5.11 Å².